The van der Waals surface area contributed by atoms with Crippen LogP contribution < -0.4 is 0 Å². The quantitative estimate of drug-likeness (QED) is 0.659. The maximum absolute atomic E-state index is 5.84. The highest BCUT2D eigenvalue weighted by Crippen LogP contribution is 2.23. The first-order valence-corrected chi connectivity index (χ1v) is 4.47. The van der Waals surface area contributed by atoms with Gasteiger partial charge in [0.2, 0.25) is 0 Å². The number of halogens is 1. The smallest absolute Gasteiger partial charge is 0.138 e. The molecule has 0 aliphatic heterocycles. The summed E-state index contributed by atoms with van der Waals surface area (Å²) in [5, 5.41) is 6.19. The van der Waals surface area contributed by atoms with E-state index in [1.54, 1.807) is 6.20 Å². The van der Waals surface area contributed by atoms with E-state index in [9.17, 15) is 0 Å². The lowest BCUT2D eigenvalue weighted by atomic mass is 10.2. The van der Waals surface area contributed by atoms with Crippen molar-refractivity contribution in [1.82, 2.24) is 14.6 Å². The summed E-state index contributed by atoms with van der Waals surface area (Å²) in [6, 6.07) is 3.69. The minimum Gasteiger partial charge on any atom is -0.244 e. The standard InChI is InChI=1S/C7H4ClN3S/c8-7-5(2-1-3-9-7)6-4-12-11-10-6/h1-4H. The molecule has 2 rings (SSSR count). The summed E-state index contributed by atoms with van der Waals surface area (Å²) in [4.78, 5) is 3.94. The van der Waals surface area contributed by atoms with Crippen LogP contribution >= 0.6 is 23.1 Å². The molecule has 0 N–H and O–H groups in total. The third-order valence-corrected chi connectivity index (χ3v) is 2.20. The van der Waals surface area contributed by atoms with Gasteiger partial charge in [0, 0.05) is 17.1 Å². The van der Waals surface area contributed by atoms with E-state index in [0.717, 1.165) is 11.3 Å². The summed E-state index contributed by atoms with van der Waals surface area (Å²) < 4.78 is 3.74. The molecule has 0 aliphatic rings. The van der Waals surface area contributed by atoms with E-state index >= 15 is 0 Å². The highest BCUT2D eigenvalue weighted by atomic mass is 35.5. The van der Waals surface area contributed by atoms with Crippen LogP contribution in [0.4, 0.5) is 0 Å². The molecule has 0 atom stereocenters. The van der Waals surface area contributed by atoms with Crippen molar-refractivity contribution in [3.63, 3.8) is 0 Å². The van der Waals surface area contributed by atoms with Gasteiger partial charge in [-0.05, 0) is 23.7 Å². The molecule has 12 heavy (non-hydrogen) atoms. The van der Waals surface area contributed by atoms with Crippen LogP contribution in [0, 0.1) is 0 Å². The zero-order valence-electron chi connectivity index (χ0n) is 5.94. The Labute approximate surface area is 78.2 Å². The molecule has 0 saturated carbocycles. The number of rotatable bonds is 1. The van der Waals surface area contributed by atoms with Crippen molar-refractivity contribution in [2.24, 2.45) is 0 Å². The third kappa shape index (κ3) is 1.31. The summed E-state index contributed by atoms with van der Waals surface area (Å²) in [6.45, 7) is 0. The van der Waals surface area contributed by atoms with Crippen LogP contribution in [0.2, 0.25) is 5.15 Å². The van der Waals surface area contributed by atoms with E-state index in [-0.39, 0.29) is 0 Å². The van der Waals surface area contributed by atoms with Gasteiger partial charge in [0.15, 0.2) is 0 Å². The third-order valence-electron chi connectivity index (χ3n) is 1.40. The van der Waals surface area contributed by atoms with E-state index in [1.807, 2.05) is 17.5 Å². The fraction of sp³-hybridized carbons (Fsp3) is 0. The van der Waals surface area contributed by atoms with Gasteiger partial charge in [0.25, 0.3) is 0 Å². The van der Waals surface area contributed by atoms with E-state index in [1.165, 1.54) is 11.5 Å². The van der Waals surface area contributed by atoms with Crippen LogP contribution in [0.1, 0.15) is 0 Å². The first-order chi connectivity index (χ1) is 5.88. The molecule has 0 spiro atoms. The second-order valence-electron chi connectivity index (χ2n) is 2.13. The topological polar surface area (TPSA) is 38.7 Å². The molecule has 0 aliphatic carbocycles. The van der Waals surface area contributed by atoms with Crippen LogP contribution in [0.15, 0.2) is 23.7 Å². The lowest BCUT2D eigenvalue weighted by Crippen LogP contribution is -1.81. The Balaban J connectivity index is 2.55. The van der Waals surface area contributed by atoms with Crippen molar-refractivity contribution in [2.45, 2.75) is 0 Å². The zero-order chi connectivity index (χ0) is 8.39. The predicted molar refractivity (Wildman–Crippen MR) is 48.2 cm³/mol. The minimum absolute atomic E-state index is 0.463. The summed E-state index contributed by atoms with van der Waals surface area (Å²) in [7, 11) is 0. The van der Waals surface area contributed by atoms with Gasteiger partial charge in [0.1, 0.15) is 10.8 Å². The number of pyridine rings is 1. The average Bonchev–Trinajstić information content (AvgIpc) is 2.57. The lowest BCUT2D eigenvalue weighted by molar-refractivity contribution is 1.15. The maximum atomic E-state index is 5.84. The van der Waals surface area contributed by atoms with Gasteiger partial charge in [-0.2, -0.15) is 0 Å². The Morgan fingerprint density at radius 1 is 1.42 bits per heavy atom. The number of aromatic nitrogens is 3. The van der Waals surface area contributed by atoms with Gasteiger partial charge in [-0.1, -0.05) is 16.1 Å². The van der Waals surface area contributed by atoms with Crippen LogP contribution in [0.5, 0.6) is 0 Å². The molecule has 2 aromatic heterocycles. The predicted octanol–water partition coefficient (Wildman–Crippen LogP) is 2.25. The average molecular weight is 198 g/mol. The highest BCUT2D eigenvalue weighted by Gasteiger charge is 2.04. The summed E-state index contributed by atoms with van der Waals surface area (Å²) in [6.07, 6.45) is 1.64. The van der Waals surface area contributed by atoms with Crippen molar-refractivity contribution >= 4 is 23.1 Å². The molecule has 3 nitrogen and oxygen atoms in total. The summed E-state index contributed by atoms with van der Waals surface area (Å²) in [5.74, 6) is 0. The largest absolute Gasteiger partial charge is 0.244 e. The van der Waals surface area contributed by atoms with Crippen molar-refractivity contribution in [3.05, 3.63) is 28.9 Å². The number of hydrogen-bond donors (Lipinski definition) is 0. The van der Waals surface area contributed by atoms with Crippen LogP contribution in [0.25, 0.3) is 11.3 Å². The molecule has 0 unspecified atom stereocenters. The molecule has 0 fully saturated rings. The van der Waals surface area contributed by atoms with Gasteiger partial charge in [0.05, 0.1) is 0 Å². The Hall–Kier alpha value is -1.00. The van der Waals surface area contributed by atoms with Crippen molar-refractivity contribution in [2.75, 3.05) is 0 Å². The summed E-state index contributed by atoms with van der Waals surface area (Å²) >= 11 is 7.14. The molecule has 2 aromatic rings. The molecule has 60 valence electrons. The van der Waals surface area contributed by atoms with Crippen molar-refractivity contribution in [3.8, 4) is 11.3 Å². The van der Waals surface area contributed by atoms with Crippen LogP contribution in [-0.2, 0) is 0 Å². The summed E-state index contributed by atoms with van der Waals surface area (Å²) in [5.41, 5.74) is 1.60. The first kappa shape index (κ1) is 7.64. The van der Waals surface area contributed by atoms with E-state index in [4.69, 9.17) is 11.6 Å². The van der Waals surface area contributed by atoms with Crippen molar-refractivity contribution in [1.29, 1.82) is 0 Å². The van der Waals surface area contributed by atoms with Crippen LogP contribution in [0.3, 0.4) is 0 Å². The fourth-order valence-electron chi connectivity index (χ4n) is 0.859. The Morgan fingerprint density at radius 2 is 2.33 bits per heavy atom. The van der Waals surface area contributed by atoms with E-state index in [0.29, 0.717) is 5.15 Å². The fourth-order valence-corrected chi connectivity index (χ4v) is 1.53. The zero-order valence-corrected chi connectivity index (χ0v) is 7.51. The van der Waals surface area contributed by atoms with Gasteiger partial charge in [-0.3, -0.25) is 0 Å². The molecule has 5 heteroatoms. The highest BCUT2D eigenvalue weighted by molar-refractivity contribution is 7.03. The molecule has 2 heterocycles. The lowest BCUT2D eigenvalue weighted by Gasteiger charge is -1.95. The second-order valence-corrected chi connectivity index (χ2v) is 3.10. The number of hydrogen-bond acceptors (Lipinski definition) is 4. The molecule has 0 saturated heterocycles. The van der Waals surface area contributed by atoms with Gasteiger partial charge >= 0.3 is 0 Å². The number of nitrogens with zero attached hydrogens (tertiary/aromatic N) is 3. The molecule has 0 bridgehead atoms. The first-order valence-electron chi connectivity index (χ1n) is 3.26. The molecular weight excluding hydrogens is 194 g/mol. The molecule has 0 radical (unpaired) electrons. The van der Waals surface area contributed by atoms with Gasteiger partial charge in [-0.25, -0.2) is 4.98 Å². The SMILES string of the molecule is Clc1ncccc1-c1csnn1. The van der Waals surface area contributed by atoms with Gasteiger partial charge in [-0.15, -0.1) is 5.10 Å². The van der Waals surface area contributed by atoms with E-state index in [2.05, 4.69) is 14.6 Å². The molecular formula is C7H4ClN3S. The Kier molecular flexibility index (Phi) is 2.01. The van der Waals surface area contributed by atoms with Gasteiger partial charge < -0.3 is 0 Å². The monoisotopic (exact) mass is 197 g/mol. The Morgan fingerprint density at radius 3 is 3.00 bits per heavy atom. The van der Waals surface area contributed by atoms with E-state index < -0.39 is 0 Å². The normalized spacial score (nSPS) is 10.1. The minimum atomic E-state index is 0.463. The second kappa shape index (κ2) is 3.16. The maximum Gasteiger partial charge on any atom is 0.138 e. The Bertz CT molecular complexity index is 374. The molecule has 0 amide bonds. The van der Waals surface area contributed by atoms with Crippen LogP contribution in [-0.4, -0.2) is 14.6 Å². The molecule has 0 aromatic carbocycles. The van der Waals surface area contributed by atoms with Crippen molar-refractivity contribution < 1.29 is 0 Å².